The van der Waals surface area contributed by atoms with Crippen molar-refractivity contribution in [3.05, 3.63) is 35.9 Å². The maximum absolute atomic E-state index is 12.7. The highest BCUT2D eigenvalue weighted by atomic mass is 32.2. The average molecular weight is 304 g/mol. The average Bonchev–Trinajstić information content (AvgIpc) is 3.30. The Morgan fingerprint density at radius 2 is 2.10 bits per heavy atom. The first-order valence-corrected chi connectivity index (χ1v) is 8.49. The number of thioether (sulfide) groups is 1. The SMILES string of the molecule is CC1(C(=O)NCc2ccccc2)CSCC(=O)N1C1CC1. The fraction of sp³-hybridized carbons (Fsp3) is 0.500. The molecule has 5 heteroatoms. The molecule has 0 spiro atoms. The molecule has 1 saturated carbocycles. The fourth-order valence-electron chi connectivity index (χ4n) is 2.83. The minimum Gasteiger partial charge on any atom is -0.350 e. The van der Waals surface area contributed by atoms with Crippen molar-refractivity contribution in [2.24, 2.45) is 0 Å². The quantitative estimate of drug-likeness (QED) is 0.923. The molecule has 2 amide bonds. The van der Waals surface area contributed by atoms with Crippen LogP contribution in [0.5, 0.6) is 0 Å². The minimum atomic E-state index is -0.712. The van der Waals surface area contributed by atoms with Crippen molar-refractivity contribution in [1.29, 1.82) is 0 Å². The van der Waals surface area contributed by atoms with E-state index in [1.54, 1.807) is 11.8 Å². The number of nitrogens with one attached hydrogen (secondary N) is 1. The van der Waals surface area contributed by atoms with E-state index in [9.17, 15) is 9.59 Å². The van der Waals surface area contributed by atoms with Crippen LogP contribution in [0.4, 0.5) is 0 Å². The molecule has 1 atom stereocenters. The third kappa shape index (κ3) is 2.93. The topological polar surface area (TPSA) is 49.4 Å². The van der Waals surface area contributed by atoms with Crippen molar-refractivity contribution in [1.82, 2.24) is 10.2 Å². The van der Waals surface area contributed by atoms with E-state index in [-0.39, 0.29) is 17.9 Å². The molecule has 1 heterocycles. The number of rotatable bonds is 4. The van der Waals surface area contributed by atoms with Gasteiger partial charge in [-0.1, -0.05) is 30.3 Å². The minimum absolute atomic E-state index is 0.0428. The van der Waals surface area contributed by atoms with Crippen LogP contribution < -0.4 is 5.32 Å². The van der Waals surface area contributed by atoms with Crippen LogP contribution in [0, 0.1) is 0 Å². The van der Waals surface area contributed by atoms with Crippen LogP contribution in [0.1, 0.15) is 25.3 Å². The lowest BCUT2D eigenvalue weighted by molar-refractivity contribution is -0.145. The largest absolute Gasteiger partial charge is 0.350 e. The maximum atomic E-state index is 12.7. The Morgan fingerprint density at radius 3 is 2.76 bits per heavy atom. The predicted molar refractivity (Wildman–Crippen MR) is 83.9 cm³/mol. The highest BCUT2D eigenvalue weighted by Gasteiger charge is 2.50. The van der Waals surface area contributed by atoms with Crippen LogP contribution >= 0.6 is 11.8 Å². The van der Waals surface area contributed by atoms with Gasteiger partial charge in [-0.25, -0.2) is 0 Å². The number of carbonyl (C=O) groups is 2. The van der Waals surface area contributed by atoms with Crippen molar-refractivity contribution >= 4 is 23.6 Å². The third-order valence-electron chi connectivity index (χ3n) is 4.11. The number of amides is 2. The van der Waals surface area contributed by atoms with Gasteiger partial charge in [0.15, 0.2) is 0 Å². The Hall–Kier alpha value is -1.49. The van der Waals surface area contributed by atoms with E-state index in [0.717, 1.165) is 18.4 Å². The maximum Gasteiger partial charge on any atom is 0.246 e. The van der Waals surface area contributed by atoms with Crippen LogP contribution in [-0.2, 0) is 16.1 Å². The van der Waals surface area contributed by atoms with Crippen molar-refractivity contribution in [3.63, 3.8) is 0 Å². The van der Waals surface area contributed by atoms with Gasteiger partial charge in [0.1, 0.15) is 5.54 Å². The van der Waals surface area contributed by atoms with E-state index in [4.69, 9.17) is 0 Å². The van der Waals surface area contributed by atoms with Gasteiger partial charge in [0.05, 0.1) is 5.75 Å². The number of hydrogen-bond donors (Lipinski definition) is 1. The molecular weight excluding hydrogens is 284 g/mol. The van der Waals surface area contributed by atoms with Gasteiger partial charge in [0, 0.05) is 18.3 Å². The molecule has 112 valence electrons. The summed E-state index contributed by atoms with van der Waals surface area (Å²) in [6.45, 7) is 2.41. The zero-order chi connectivity index (χ0) is 14.9. The van der Waals surface area contributed by atoms with Gasteiger partial charge in [0.2, 0.25) is 11.8 Å². The van der Waals surface area contributed by atoms with Gasteiger partial charge in [-0.3, -0.25) is 9.59 Å². The standard InChI is InChI=1S/C16H20N2O2S/c1-16(11-21-10-14(19)18(16)13-7-8-13)15(20)17-9-12-5-3-2-4-6-12/h2-6,13H,7-11H2,1H3,(H,17,20). The lowest BCUT2D eigenvalue weighted by Crippen LogP contribution is -2.63. The second-order valence-corrected chi connectivity index (χ2v) is 6.92. The molecule has 1 aromatic carbocycles. The highest BCUT2D eigenvalue weighted by Crippen LogP contribution is 2.38. The highest BCUT2D eigenvalue weighted by molar-refractivity contribution is 8.00. The van der Waals surface area contributed by atoms with Gasteiger partial charge >= 0.3 is 0 Å². The summed E-state index contributed by atoms with van der Waals surface area (Å²) >= 11 is 1.56. The molecule has 3 rings (SSSR count). The molecule has 1 aliphatic heterocycles. The second kappa shape index (κ2) is 5.72. The van der Waals surface area contributed by atoms with Gasteiger partial charge in [-0.05, 0) is 25.3 Å². The lowest BCUT2D eigenvalue weighted by Gasteiger charge is -2.43. The van der Waals surface area contributed by atoms with Crippen LogP contribution in [0.2, 0.25) is 0 Å². The Bertz CT molecular complexity index is 544. The van der Waals surface area contributed by atoms with E-state index >= 15 is 0 Å². The molecule has 1 aliphatic carbocycles. The molecule has 1 unspecified atom stereocenters. The van der Waals surface area contributed by atoms with Crippen molar-refractivity contribution < 1.29 is 9.59 Å². The summed E-state index contributed by atoms with van der Waals surface area (Å²) < 4.78 is 0. The molecule has 2 fully saturated rings. The summed E-state index contributed by atoms with van der Waals surface area (Å²) in [7, 11) is 0. The van der Waals surface area contributed by atoms with Crippen LogP contribution in [0.15, 0.2) is 30.3 Å². The lowest BCUT2D eigenvalue weighted by atomic mass is 10.00. The first-order chi connectivity index (χ1) is 10.1. The van der Waals surface area contributed by atoms with Crippen LogP contribution in [-0.4, -0.2) is 39.8 Å². The van der Waals surface area contributed by atoms with Crippen molar-refractivity contribution in [2.45, 2.75) is 37.9 Å². The molecule has 0 aromatic heterocycles. The van der Waals surface area contributed by atoms with Crippen molar-refractivity contribution in [2.75, 3.05) is 11.5 Å². The fourth-order valence-corrected chi connectivity index (χ4v) is 3.92. The predicted octanol–water partition coefficient (Wildman–Crippen LogP) is 1.80. The molecule has 1 saturated heterocycles. The Balaban J connectivity index is 1.70. The summed E-state index contributed by atoms with van der Waals surface area (Å²) in [6.07, 6.45) is 2.05. The first-order valence-electron chi connectivity index (χ1n) is 7.33. The van der Waals surface area contributed by atoms with Crippen LogP contribution in [0.3, 0.4) is 0 Å². The van der Waals surface area contributed by atoms with Gasteiger partial charge in [-0.2, -0.15) is 0 Å². The van der Waals surface area contributed by atoms with E-state index in [1.807, 2.05) is 42.2 Å². The molecule has 0 bridgehead atoms. The summed E-state index contributed by atoms with van der Waals surface area (Å²) in [5.41, 5.74) is 0.359. The smallest absolute Gasteiger partial charge is 0.246 e. The monoisotopic (exact) mass is 304 g/mol. The number of benzene rings is 1. The summed E-state index contributed by atoms with van der Waals surface area (Å²) in [5, 5.41) is 3.00. The van der Waals surface area contributed by atoms with Crippen LogP contribution in [0.25, 0.3) is 0 Å². The Labute approximate surface area is 129 Å². The number of carbonyl (C=O) groups excluding carboxylic acids is 2. The zero-order valence-electron chi connectivity index (χ0n) is 12.2. The molecule has 1 N–H and O–H groups in total. The van der Waals surface area contributed by atoms with Crippen molar-refractivity contribution in [3.8, 4) is 0 Å². The number of nitrogens with zero attached hydrogens (tertiary/aromatic N) is 1. The van der Waals surface area contributed by atoms with E-state index < -0.39 is 5.54 Å². The zero-order valence-corrected chi connectivity index (χ0v) is 13.0. The molecule has 2 aliphatic rings. The van der Waals surface area contributed by atoms with E-state index in [1.165, 1.54) is 0 Å². The van der Waals surface area contributed by atoms with Gasteiger partial charge < -0.3 is 10.2 Å². The number of hydrogen-bond acceptors (Lipinski definition) is 3. The Morgan fingerprint density at radius 1 is 1.38 bits per heavy atom. The summed E-state index contributed by atoms with van der Waals surface area (Å²) in [5.74, 6) is 1.23. The molecular formula is C16H20N2O2S. The molecule has 0 radical (unpaired) electrons. The third-order valence-corrected chi connectivity index (χ3v) is 5.32. The van der Waals surface area contributed by atoms with Gasteiger partial charge in [0.25, 0.3) is 0 Å². The van der Waals surface area contributed by atoms with E-state index in [0.29, 0.717) is 18.1 Å². The normalized spacial score (nSPS) is 25.8. The van der Waals surface area contributed by atoms with E-state index in [2.05, 4.69) is 5.32 Å². The van der Waals surface area contributed by atoms with Gasteiger partial charge in [-0.15, -0.1) is 11.8 Å². The molecule has 4 nitrogen and oxygen atoms in total. The first kappa shape index (κ1) is 14.4. The molecule has 21 heavy (non-hydrogen) atoms. The second-order valence-electron chi connectivity index (χ2n) is 5.93. The molecule has 1 aromatic rings. The summed E-state index contributed by atoms with van der Waals surface area (Å²) in [4.78, 5) is 26.7. The summed E-state index contributed by atoms with van der Waals surface area (Å²) in [6, 6.07) is 10.1. The Kier molecular flexibility index (Phi) is 3.93.